The number of rotatable bonds is 6. The number of nitrogen functional groups attached to an aromatic ring is 1. The molecule has 21 heavy (non-hydrogen) atoms. The molecule has 0 atom stereocenters. The molecule has 0 radical (unpaired) electrons. The third-order valence-electron chi connectivity index (χ3n) is 3.97. The molecule has 1 saturated carbocycles. The predicted molar refractivity (Wildman–Crippen MR) is 87.7 cm³/mol. The van der Waals surface area contributed by atoms with Crippen LogP contribution in [0.15, 0.2) is 24.3 Å². The topological polar surface area (TPSA) is 51.4 Å². The monoisotopic (exact) mass is 285 g/mol. The van der Waals surface area contributed by atoms with Crippen molar-refractivity contribution in [2.24, 2.45) is 5.92 Å². The van der Waals surface area contributed by atoms with E-state index in [0.29, 0.717) is 0 Å². The van der Waals surface area contributed by atoms with E-state index in [-0.39, 0.29) is 0 Å². The molecule has 1 aromatic heterocycles. The average Bonchev–Trinajstić information content (AvgIpc) is 3.27. The average molecular weight is 285 g/mol. The maximum atomic E-state index is 5.92. The van der Waals surface area contributed by atoms with Crippen LogP contribution in [-0.4, -0.2) is 31.8 Å². The molecule has 0 aliphatic heterocycles. The Hall–Kier alpha value is -1.81. The summed E-state index contributed by atoms with van der Waals surface area (Å²) in [5, 5.41) is 1.10. The lowest BCUT2D eigenvalue weighted by Crippen LogP contribution is -2.23. The van der Waals surface area contributed by atoms with Gasteiger partial charge in [0.25, 0.3) is 0 Å². The highest BCUT2D eigenvalue weighted by molar-refractivity contribution is 5.93. The largest absolute Gasteiger partial charge is 0.399 e. The molecule has 2 N–H and O–H groups in total. The third kappa shape index (κ3) is 3.45. The standard InChI is InChI=1S/C17H23N3O/c1-12-9-17(15-10-14(18)5-6-16(15)19-12)20(2)7-8-21-11-13-3-4-13/h5-6,9-10,13H,3-4,7-8,11,18H2,1-2H3. The van der Waals surface area contributed by atoms with Crippen molar-refractivity contribution in [2.75, 3.05) is 37.4 Å². The molecule has 1 fully saturated rings. The maximum Gasteiger partial charge on any atom is 0.0727 e. The van der Waals surface area contributed by atoms with Crippen molar-refractivity contribution in [1.29, 1.82) is 0 Å². The van der Waals surface area contributed by atoms with Crippen LogP contribution in [0, 0.1) is 12.8 Å². The zero-order valence-corrected chi connectivity index (χ0v) is 12.8. The van der Waals surface area contributed by atoms with Crippen LogP contribution in [0.4, 0.5) is 11.4 Å². The number of likely N-dealkylation sites (N-methyl/N-ethyl adjacent to an activating group) is 1. The number of nitrogens with two attached hydrogens (primary N) is 1. The lowest BCUT2D eigenvalue weighted by Gasteiger charge is -2.21. The Labute approximate surface area is 125 Å². The summed E-state index contributed by atoms with van der Waals surface area (Å²) in [6, 6.07) is 8.00. The fourth-order valence-electron chi connectivity index (χ4n) is 2.53. The Kier molecular flexibility index (Phi) is 3.97. The van der Waals surface area contributed by atoms with Gasteiger partial charge in [0.05, 0.1) is 12.1 Å². The molecule has 4 nitrogen and oxygen atoms in total. The summed E-state index contributed by atoms with van der Waals surface area (Å²) in [7, 11) is 2.10. The minimum atomic E-state index is 0.762. The van der Waals surface area contributed by atoms with Gasteiger partial charge in [-0.1, -0.05) is 0 Å². The molecule has 112 valence electrons. The van der Waals surface area contributed by atoms with Crippen molar-refractivity contribution in [3.63, 3.8) is 0 Å². The number of nitrogens with zero attached hydrogens (tertiary/aromatic N) is 2. The van der Waals surface area contributed by atoms with Gasteiger partial charge >= 0.3 is 0 Å². The van der Waals surface area contributed by atoms with Crippen LogP contribution in [0.5, 0.6) is 0 Å². The van der Waals surface area contributed by atoms with Gasteiger partial charge in [-0.05, 0) is 49.9 Å². The Morgan fingerprint density at radius 3 is 2.90 bits per heavy atom. The molecule has 4 heteroatoms. The Morgan fingerprint density at radius 1 is 1.33 bits per heavy atom. The summed E-state index contributed by atoms with van der Waals surface area (Å²) in [4.78, 5) is 6.80. The Bertz CT molecular complexity index is 637. The smallest absolute Gasteiger partial charge is 0.0727 e. The summed E-state index contributed by atoms with van der Waals surface area (Å²) >= 11 is 0. The number of benzene rings is 1. The molecule has 1 aliphatic rings. The van der Waals surface area contributed by atoms with E-state index in [1.165, 1.54) is 18.5 Å². The normalized spacial score (nSPS) is 14.6. The summed E-state index contributed by atoms with van der Waals surface area (Å²) in [6.45, 7) is 4.58. The first-order valence-electron chi connectivity index (χ1n) is 7.59. The second-order valence-corrected chi connectivity index (χ2v) is 6.00. The molecule has 1 aliphatic carbocycles. The van der Waals surface area contributed by atoms with Crippen LogP contribution in [0.3, 0.4) is 0 Å². The van der Waals surface area contributed by atoms with Gasteiger partial charge < -0.3 is 15.4 Å². The molecule has 2 aromatic rings. The van der Waals surface area contributed by atoms with Gasteiger partial charge in [0.1, 0.15) is 0 Å². The maximum absolute atomic E-state index is 5.92. The Morgan fingerprint density at radius 2 is 2.14 bits per heavy atom. The van der Waals surface area contributed by atoms with E-state index in [9.17, 15) is 0 Å². The van der Waals surface area contributed by atoms with E-state index >= 15 is 0 Å². The van der Waals surface area contributed by atoms with E-state index in [1.54, 1.807) is 0 Å². The highest BCUT2D eigenvalue weighted by Gasteiger charge is 2.21. The number of hydrogen-bond acceptors (Lipinski definition) is 4. The molecule has 0 saturated heterocycles. The molecule has 3 rings (SSSR count). The number of pyridine rings is 1. The summed E-state index contributed by atoms with van der Waals surface area (Å²) in [5.41, 5.74) is 9.87. The van der Waals surface area contributed by atoms with Crippen molar-refractivity contribution < 1.29 is 4.74 Å². The number of anilines is 2. The lowest BCUT2D eigenvalue weighted by atomic mass is 10.1. The van der Waals surface area contributed by atoms with E-state index < -0.39 is 0 Å². The lowest BCUT2D eigenvalue weighted by molar-refractivity contribution is 0.131. The minimum Gasteiger partial charge on any atom is -0.399 e. The van der Waals surface area contributed by atoms with Gasteiger partial charge in [0, 0.05) is 42.7 Å². The van der Waals surface area contributed by atoms with E-state index in [2.05, 4.69) is 23.0 Å². The first-order chi connectivity index (χ1) is 10.1. The number of hydrogen-bond donors (Lipinski definition) is 1. The van der Waals surface area contributed by atoms with Crippen molar-refractivity contribution in [3.05, 3.63) is 30.0 Å². The zero-order valence-electron chi connectivity index (χ0n) is 12.8. The van der Waals surface area contributed by atoms with Crippen molar-refractivity contribution in [3.8, 4) is 0 Å². The van der Waals surface area contributed by atoms with Gasteiger partial charge in [-0.25, -0.2) is 0 Å². The molecular formula is C17H23N3O. The van der Waals surface area contributed by atoms with E-state index in [1.807, 2.05) is 25.1 Å². The second-order valence-electron chi connectivity index (χ2n) is 6.00. The molecule has 0 unspecified atom stereocenters. The van der Waals surface area contributed by atoms with Crippen LogP contribution < -0.4 is 10.6 Å². The molecule has 0 amide bonds. The van der Waals surface area contributed by atoms with Gasteiger partial charge in [-0.15, -0.1) is 0 Å². The van der Waals surface area contributed by atoms with Crippen LogP contribution in [-0.2, 0) is 4.74 Å². The number of ether oxygens (including phenoxy) is 1. The highest BCUT2D eigenvalue weighted by Crippen LogP contribution is 2.29. The van der Waals surface area contributed by atoms with Crippen LogP contribution >= 0.6 is 0 Å². The number of fused-ring (bicyclic) bond motifs is 1. The first-order valence-corrected chi connectivity index (χ1v) is 7.59. The summed E-state index contributed by atoms with van der Waals surface area (Å²) < 4.78 is 5.73. The van der Waals surface area contributed by atoms with Gasteiger partial charge in [0.2, 0.25) is 0 Å². The van der Waals surface area contributed by atoms with Gasteiger partial charge in [0.15, 0.2) is 0 Å². The number of aryl methyl sites for hydroxylation is 1. The highest BCUT2D eigenvalue weighted by atomic mass is 16.5. The third-order valence-corrected chi connectivity index (χ3v) is 3.97. The van der Waals surface area contributed by atoms with Crippen molar-refractivity contribution in [1.82, 2.24) is 4.98 Å². The van der Waals surface area contributed by atoms with E-state index in [4.69, 9.17) is 10.5 Å². The van der Waals surface area contributed by atoms with E-state index in [0.717, 1.165) is 48.0 Å². The molecule has 0 spiro atoms. The summed E-state index contributed by atoms with van der Waals surface area (Å²) in [5.74, 6) is 0.819. The van der Waals surface area contributed by atoms with Gasteiger partial charge in [-0.2, -0.15) is 0 Å². The fourth-order valence-corrected chi connectivity index (χ4v) is 2.53. The summed E-state index contributed by atoms with van der Waals surface area (Å²) in [6.07, 6.45) is 2.67. The molecule has 1 aromatic carbocycles. The van der Waals surface area contributed by atoms with Crippen LogP contribution in [0.1, 0.15) is 18.5 Å². The minimum absolute atomic E-state index is 0.762. The van der Waals surface area contributed by atoms with Crippen molar-refractivity contribution in [2.45, 2.75) is 19.8 Å². The molecule has 0 bridgehead atoms. The predicted octanol–water partition coefficient (Wildman–Crippen LogP) is 2.99. The molecule has 1 heterocycles. The SMILES string of the molecule is Cc1cc(N(C)CCOCC2CC2)c2cc(N)ccc2n1. The van der Waals surface area contributed by atoms with Crippen LogP contribution in [0.25, 0.3) is 10.9 Å². The van der Waals surface area contributed by atoms with Crippen LogP contribution in [0.2, 0.25) is 0 Å². The fraction of sp³-hybridized carbons (Fsp3) is 0.471. The second kappa shape index (κ2) is 5.90. The molecular weight excluding hydrogens is 262 g/mol. The first kappa shape index (κ1) is 14.1. The van der Waals surface area contributed by atoms with Gasteiger partial charge in [-0.3, -0.25) is 4.98 Å². The zero-order chi connectivity index (χ0) is 14.8. The van der Waals surface area contributed by atoms with Crippen molar-refractivity contribution >= 4 is 22.3 Å². The quantitative estimate of drug-likeness (QED) is 0.655. The Balaban J connectivity index is 1.75. The number of aromatic nitrogens is 1.